The molecule has 7 heteroatoms. The third-order valence-electron chi connectivity index (χ3n) is 5.14. The zero-order valence-electron chi connectivity index (χ0n) is 17.8. The van der Waals surface area contributed by atoms with E-state index in [9.17, 15) is 18.0 Å². The van der Waals surface area contributed by atoms with Gasteiger partial charge in [0.1, 0.15) is 0 Å². The van der Waals surface area contributed by atoms with Crippen molar-refractivity contribution in [3.63, 3.8) is 0 Å². The van der Waals surface area contributed by atoms with Crippen molar-refractivity contribution < 1.29 is 18.0 Å². The molecule has 1 heterocycles. The molecule has 3 rings (SSSR count). The number of rotatable bonds is 5. The van der Waals surface area contributed by atoms with E-state index >= 15 is 0 Å². The minimum atomic E-state index is -4.41. The third kappa shape index (κ3) is 5.23. The van der Waals surface area contributed by atoms with Crippen LogP contribution < -0.4 is 5.43 Å². The zero-order valence-corrected chi connectivity index (χ0v) is 17.8. The lowest BCUT2D eigenvalue weighted by Gasteiger charge is -2.13. The van der Waals surface area contributed by atoms with Gasteiger partial charge in [-0.15, -0.1) is 0 Å². The van der Waals surface area contributed by atoms with Crippen molar-refractivity contribution in [2.24, 2.45) is 5.10 Å². The van der Waals surface area contributed by atoms with E-state index in [1.165, 1.54) is 12.3 Å². The molecular formula is C24H24F3N3O. The Balaban J connectivity index is 1.75. The van der Waals surface area contributed by atoms with E-state index in [4.69, 9.17) is 0 Å². The Bertz CT molecular complexity index is 1140. The van der Waals surface area contributed by atoms with Crippen LogP contribution in [0.1, 0.15) is 39.2 Å². The minimum absolute atomic E-state index is 0.215. The van der Waals surface area contributed by atoms with Crippen LogP contribution in [0.4, 0.5) is 13.2 Å². The number of carbonyl (C=O) groups excluding carboxylic acids is 1. The molecule has 0 aliphatic carbocycles. The highest BCUT2D eigenvalue weighted by atomic mass is 19.4. The Morgan fingerprint density at radius 1 is 1.06 bits per heavy atom. The van der Waals surface area contributed by atoms with Crippen LogP contribution in [-0.4, -0.2) is 16.7 Å². The van der Waals surface area contributed by atoms with Crippen molar-refractivity contribution in [1.82, 2.24) is 9.99 Å². The van der Waals surface area contributed by atoms with Gasteiger partial charge in [-0.1, -0.05) is 29.8 Å². The molecule has 162 valence electrons. The molecule has 0 saturated carbocycles. The van der Waals surface area contributed by atoms with Crippen LogP contribution >= 0.6 is 0 Å². The summed E-state index contributed by atoms with van der Waals surface area (Å²) in [5.41, 5.74) is 7.55. The number of aromatic nitrogens is 1. The van der Waals surface area contributed by atoms with E-state index in [1.54, 1.807) is 17.6 Å². The summed E-state index contributed by atoms with van der Waals surface area (Å²) in [6, 6.07) is 12.9. The van der Waals surface area contributed by atoms with Crippen LogP contribution in [0, 0.1) is 27.7 Å². The van der Waals surface area contributed by atoms with Gasteiger partial charge in [0.15, 0.2) is 0 Å². The van der Waals surface area contributed by atoms with Crippen LogP contribution in [0.2, 0.25) is 0 Å². The fourth-order valence-corrected chi connectivity index (χ4v) is 3.57. The van der Waals surface area contributed by atoms with E-state index in [2.05, 4.69) is 10.5 Å². The van der Waals surface area contributed by atoms with Gasteiger partial charge in [-0.3, -0.25) is 4.79 Å². The average Bonchev–Trinajstić information content (AvgIpc) is 2.97. The van der Waals surface area contributed by atoms with Gasteiger partial charge in [0.2, 0.25) is 5.91 Å². The number of benzene rings is 2. The third-order valence-corrected chi connectivity index (χ3v) is 5.14. The first-order chi connectivity index (χ1) is 14.6. The Morgan fingerprint density at radius 3 is 2.48 bits per heavy atom. The normalized spacial score (nSPS) is 11.8. The maximum absolute atomic E-state index is 13.1. The summed E-state index contributed by atoms with van der Waals surface area (Å²) in [5, 5.41) is 4.03. The molecule has 3 aromatic rings. The van der Waals surface area contributed by atoms with Crippen molar-refractivity contribution in [2.45, 2.75) is 40.3 Å². The number of amides is 1. The van der Waals surface area contributed by atoms with Gasteiger partial charge in [0, 0.05) is 22.6 Å². The van der Waals surface area contributed by atoms with E-state index in [0.717, 1.165) is 40.2 Å². The molecule has 0 saturated heterocycles. The summed E-state index contributed by atoms with van der Waals surface area (Å²) in [4.78, 5) is 12.2. The highest BCUT2D eigenvalue weighted by Gasteiger charge is 2.30. The molecule has 31 heavy (non-hydrogen) atoms. The number of nitrogens with one attached hydrogen (secondary N) is 1. The molecule has 0 aliphatic heterocycles. The summed E-state index contributed by atoms with van der Waals surface area (Å²) in [6.07, 6.45) is -2.69. The molecule has 0 radical (unpaired) electrons. The number of alkyl halides is 3. The van der Waals surface area contributed by atoms with Crippen molar-refractivity contribution in [3.05, 3.63) is 87.7 Å². The first-order valence-electron chi connectivity index (χ1n) is 9.81. The molecule has 0 atom stereocenters. The second-order valence-corrected chi connectivity index (χ2v) is 7.61. The van der Waals surface area contributed by atoms with Gasteiger partial charge < -0.3 is 4.57 Å². The van der Waals surface area contributed by atoms with Crippen LogP contribution in [0.3, 0.4) is 0 Å². The number of carbonyl (C=O) groups is 1. The standard InChI is InChI=1S/C24H24F3N3O/c1-15-8-9-19(16(2)10-15)12-23(31)29-28-14-20-11-17(3)30(18(20)4)22-7-5-6-21(13-22)24(25,26)27/h5-11,13-14H,12H2,1-4H3,(H,29,31)/b28-14+. The number of hydrogen-bond acceptors (Lipinski definition) is 2. The molecule has 0 fully saturated rings. The molecule has 1 aromatic heterocycles. The largest absolute Gasteiger partial charge is 0.416 e. The average molecular weight is 427 g/mol. The highest BCUT2D eigenvalue weighted by molar-refractivity contribution is 5.85. The number of aryl methyl sites for hydroxylation is 3. The predicted molar refractivity (Wildman–Crippen MR) is 116 cm³/mol. The van der Waals surface area contributed by atoms with Crippen LogP contribution in [-0.2, 0) is 17.4 Å². The molecule has 0 bridgehead atoms. The lowest BCUT2D eigenvalue weighted by atomic mass is 10.0. The number of nitrogens with zero attached hydrogens (tertiary/aromatic N) is 2. The molecule has 4 nitrogen and oxygen atoms in total. The Morgan fingerprint density at radius 2 is 1.81 bits per heavy atom. The van der Waals surface area contributed by atoms with Crippen molar-refractivity contribution in [3.8, 4) is 5.69 Å². The molecule has 0 unspecified atom stereocenters. The van der Waals surface area contributed by atoms with Crippen LogP contribution in [0.15, 0.2) is 53.6 Å². The Labute approximate surface area is 179 Å². The predicted octanol–water partition coefficient (Wildman–Crippen LogP) is 5.42. The van der Waals surface area contributed by atoms with Crippen LogP contribution in [0.25, 0.3) is 5.69 Å². The first kappa shape index (κ1) is 22.3. The number of hydrazone groups is 1. The molecule has 1 amide bonds. The Kier molecular flexibility index (Phi) is 6.34. The summed E-state index contributed by atoms with van der Waals surface area (Å²) >= 11 is 0. The fraction of sp³-hybridized carbons (Fsp3) is 0.250. The lowest BCUT2D eigenvalue weighted by molar-refractivity contribution is -0.137. The van der Waals surface area contributed by atoms with E-state index in [1.807, 2.05) is 45.0 Å². The molecule has 1 N–H and O–H groups in total. The molecule has 0 aliphatic rings. The smallest absolute Gasteiger partial charge is 0.318 e. The second kappa shape index (κ2) is 8.79. The summed E-state index contributed by atoms with van der Waals surface area (Å²) in [5.74, 6) is -0.241. The SMILES string of the molecule is Cc1ccc(CC(=O)N/N=C/c2cc(C)n(-c3cccc(C(F)(F)F)c3)c2C)c(C)c1. The van der Waals surface area contributed by atoms with Gasteiger partial charge in [-0.25, -0.2) is 5.43 Å². The van der Waals surface area contributed by atoms with Crippen molar-refractivity contribution >= 4 is 12.1 Å². The van der Waals surface area contributed by atoms with Gasteiger partial charge >= 0.3 is 6.18 Å². The highest BCUT2D eigenvalue weighted by Crippen LogP contribution is 2.31. The molecule has 0 spiro atoms. The van der Waals surface area contributed by atoms with E-state index in [0.29, 0.717) is 11.3 Å². The lowest BCUT2D eigenvalue weighted by Crippen LogP contribution is -2.20. The maximum Gasteiger partial charge on any atom is 0.416 e. The zero-order chi connectivity index (χ0) is 22.8. The summed E-state index contributed by atoms with van der Waals surface area (Å²) in [7, 11) is 0. The van der Waals surface area contributed by atoms with Gasteiger partial charge in [0.05, 0.1) is 18.2 Å². The van der Waals surface area contributed by atoms with Crippen molar-refractivity contribution in [1.29, 1.82) is 0 Å². The fourth-order valence-electron chi connectivity index (χ4n) is 3.57. The number of halogens is 3. The monoisotopic (exact) mass is 427 g/mol. The van der Waals surface area contributed by atoms with E-state index < -0.39 is 11.7 Å². The summed E-state index contributed by atoms with van der Waals surface area (Å²) in [6.45, 7) is 7.56. The first-order valence-corrected chi connectivity index (χ1v) is 9.81. The molecule has 2 aromatic carbocycles. The van der Waals surface area contributed by atoms with E-state index in [-0.39, 0.29) is 12.3 Å². The van der Waals surface area contributed by atoms with Crippen LogP contribution in [0.5, 0.6) is 0 Å². The Hall–Kier alpha value is -3.35. The quantitative estimate of drug-likeness (QED) is 0.429. The minimum Gasteiger partial charge on any atom is -0.318 e. The number of hydrogen-bond donors (Lipinski definition) is 1. The summed E-state index contributed by atoms with van der Waals surface area (Å²) < 4.78 is 40.9. The van der Waals surface area contributed by atoms with Crippen molar-refractivity contribution in [2.75, 3.05) is 0 Å². The second-order valence-electron chi connectivity index (χ2n) is 7.61. The van der Waals surface area contributed by atoms with Gasteiger partial charge in [-0.2, -0.15) is 18.3 Å². The maximum atomic E-state index is 13.1. The molecular weight excluding hydrogens is 403 g/mol. The van der Waals surface area contributed by atoms with Gasteiger partial charge in [-0.05, 0) is 63.1 Å². The topological polar surface area (TPSA) is 46.4 Å². The van der Waals surface area contributed by atoms with Gasteiger partial charge in [0.25, 0.3) is 0 Å².